The number of aliphatic hydroxyl groups excluding tert-OH is 1. The van der Waals surface area contributed by atoms with Gasteiger partial charge < -0.3 is 14.7 Å². The molecule has 5 nitrogen and oxygen atoms in total. The van der Waals surface area contributed by atoms with Gasteiger partial charge in [-0.15, -0.1) is 0 Å². The summed E-state index contributed by atoms with van der Waals surface area (Å²) in [7, 11) is 0. The van der Waals surface area contributed by atoms with Crippen LogP contribution in [0.3, 0.4) is 0 Å². The number of hydrogen-bond donors (Lipinski definition) is 1. The molecule has 2 aromatic rings. The van der Waals surface area contributed by atoms with E-state index in [-0.39, 0.29) is 18.2 Å². The lowest BCUT2D eigenvalue weighted by Gasteiger charge is -2.39. The summed E-state index contributed by atoms with van der Waals surface area (Å²) in [5.41, 5.74) is 4.43. The van der Waals surface area contributed by atoms with Crippen molar-refractivity contribution in [2.24, 2.45) is 4.99 Å². The largest absolute Gasteiger partial charge is 0.445 e. The second-order valence-electron chi connectivity index (χ2n) is 7.28. The molecule has 0 aromatic heterocycles. The Bertz CT molecular complexity index is 840. The van der Waals surface area contributed by atoms with Gasteiger partial charge in [0, 0.05) is 24.2 Å². The Morgan fingerprint density at radius 2 is 1.78 bits per heavy atom. The predicted molar refractivity (Wildman–Crippen MR) is 104 cm³/mol. The van der Waals surface area contributed by atoms with Gasteiger partial charge >= 0.3 is 6.09 Å². The lowest BCUT2D eigenvalue weighted by atomic mass is 9.74. The Balaban J connectivity index is 1.41. The standard InChI is InChI=1S/C22H24N2O3/c25-16-23-20-14-22(19-9-5-4-8-18(19)20)10-12-24(13-11-22)21(26)27-15-17-6-2-1-3-7-17/h1-9,25H,10-16H2/b23-20+. The fraction of sp³-hybridized carbons (Fsp3) is 0.364. The second kappa shape index (κ2) is 7.53. The number of aliphatic imine (C=N–C) groups is 1. The highest BCUT2D eigenvalue weighted by molar-refractivity contribution is 6.06. The normalized spacial score (nSPS) is 19.3. The van der Waals surface area contributed by atoms with E-state index in [1.54, 1.807) is 4.90 Å². The zero-order valence-electron chi connectivity index (χ0n) is 15.3. The van der Waals surface area contributed by atoms with E-state index in [9.17, 15) is 9.90 Å². The van der Waals surface area contributed by atoms with Crippen molar-refractivity contribution in [1.82, 2.24) is 4.90 Å². The van der Waals surface area contributed by atoms with Crippen LogP contribution in [0.25, 0.3) is 0 Å². The minimum atomic E-state index is -0.246. The Morgan fingerprint density at radius 1 is 1.07 bits per heavy atom. The molecule has 1 saturated heterocycles. The zero-order chi connectivity index (χ0) is 18.7. The SMILES string of the molecule is O=C(OCc1ccccc1)N1CCC2(CC1)C/C(=N\CO)c1ccccc12. The maximum atomic E-state index is 12.4. The van der Waals surface area contributed by atoms with E-state index in [0.29, 0.717) is 19.7 Å². The summed E-state index contributed by atoms with van der Waals surface area (Å²) < 4.78 is 5.48. The number of carbonyl (C=O) groups excluding carboxylic acids is 1. The molecule has 0 saturated carbocycles. The number of hydrogen-bond acceptors (Lipinski definition) is 4. The van der Waals surface area contributed by atoms with Crippen LogP contribution in [0.4, 0.5) is 4.79 Å². The molecule has 1 aliphatic carbocycles. The lowest BCUT2D eigenvalue weighted by molar-refractivity contribution is 0.0785. The summed E-state index contributed by atoms with van der Waals surface area (Å²) in [6, 6.07) is 18.1. The number of rotatable bonds is 3. The summed E-state index contributed by atoms with van der Waals surface area (Å²) >= 11 is 0. The van der Waals surface area contributed by atoms with Crippen LogP contribution in [0.1, 0.15) is 36.0 Å². The average Bonchev–Trinajstić information content (AvgIpc) is 3.01. The summed E-state index contributed by atoms with van der Waals surface area (Å²) in [5, 5.41) is 9.25. The van der Waals surface area contributed by atoms with Crippen LogP contribution in [-0.4, -0.2) is 41.6 Å². The molecule has 1 aliphatic heterocycles. The van der Waals surface area contributed by atoms with Crippen LogP contribution in [0.5, 0.6) is 0 Å². The van der Waals surface area contributed by atoms with Gasteiger partial charge in [-0.25, -0.2) is 4.79 Å². The number of amides is 1. The quantitative estimate of drug-likeness (QED) is 0.907. The highest BCUT2D eigenvalue weighted by Crippen LogP contribution is 2.46. The van der Waals surface area contributed by atoms with Crippen LogP contribution >= 0.6 is 0 Å². The molecule has 5 heteroatoms. The van der Waals surface area contributed by atoms with Crippen molar-refractivity contribution in [3.63, 3.8) is 0 Å². The Morgan fingerprint density at radius 3 is 2.52 bits per heavy atom. The Labute approximate surface area is 159 Å². The van der Waals surface area contributed by atoms with Gasteiger partial charge in [0.25, 0.3) is 0 Å². The minimum Gasteiger partial charge on any atom is -0.445 e. The van der Waals surface area contributed by atoms with Crippen LogP contribution in [0, 0.1) is 0 Å². The van der Waals surface area contributed by atoms with Gasteiger partial charge in [0.15, 0.2) is 0 Å². The highest BCUT2D eigenvalue weighted by atomic mass is 16.6. The van der Waals surface area contributed by atoms with E-state index < -0.39 is 0 Å². The van der Waals surface area contributed by atoms with Gasteiger partial charge in [-0.3, -0.25) is 4.99 Å². The minimum absolute atomic E-state index is 0.0147. The molecule has 0 atom stereocenters. The molecule has 2 aliphatic rings. The fourth-order valence-corrected chi connectivity index (χ4v) is 4.31. The molecular formula is C22H24N2O3. The van der Waals surface area contributed by atoms with E-state index in [2.05, 4.69) is 23.2 Å². The van der Waals surface area contributed by atoms with Crippen molar-refractivity contribution in [2.75, 3.05) is 19.8 Å². The number of nitrogens with zero attached hydrogens (tertiary/aromatic N) is 2. The third-order valence-corrected chi connectivity index (χ3v) is 5.76. The molecule has 140 valence electrons. The topological polar surface area (TPSA) is 62.1 Å². The molecule has 1 heterocycles. The number of likely N-dealkylation sites (tertiary alicyclic amines) is 1. The van der Waals surface area contributed by atoms with Crippen LogP contribution in [0.15, 0.2) is 59.6 Å². The van der Waals surface area contributed by atoms with Gasteiger partial charge in [-0.05, 0) is 36.0 Å². The molecule has 1 spiro atoms. The van der Waals surface area contributed by atoms with E-state index >= 15 is 0 Å². The smallest absolute Gasteiger partial charge is 0.410 e. The molecule has 1 fully saturated rings. The first-order valence-corrected chi connectivity index (χ1v) is 9.41. The first kappa shape index (κ1) is 17.7. The van der Waals surface area contributed by atoms with E-state index in [1.165, 1.54) is 5.56 Å². The molecule has 2 aromatic carbocycles. The number of carbonyl (C=O) groups is 1. The van der Waals surface area contributed by atoms with Gasteiger partial charge in [-0.2, -0.15) is 0 Å². The molecule has 0 bridgehead atoms. The summed E-state index contributed by atoms with van der Waals surface area (Å²) in [6.45, 7) is 1.47. The molecule has 0 radical (unpaired) electrons. The third kappa shape index (κ3) is 3.47. The molecule has 0 unspecified atom stereocenters. The molecule has 1 N–H and O–H groups in total. The molecule has 1 amide bonds. The number of ether oxygens (including phenoxy) is 1. The van der Waals surface area contributed by atoms with Gasteiger partial charge in [0.05, 0.1) is 0 Å². The van der Waals surface area contributed by atoms with E-state index in [4.69, 9.17) is 4.74 Å². The average molecular weight is 364 g/mol. The zero-order valence-corrected chi connectivity index (χ0v) is 15.3. The fourth-order valence-electron chi connectivity index (χ4n) is 4.31. The Kier molecular flexibility index (Phi) is 4.94. The monoisotopic (exact) mass is 364 g/mol. The summed E-state index contributed by atoms with van der Waals surface area (Å²) in [5.74, 6) is 0. The highest BCUT2D eigenvalue weighted by Gasteiger charge is 2.44. The van der Waals surface area contributed by atoms with Crippen molar-refractivity contribution >= 4 is 11.8 Å². The number of aliphatic hydroxyl groups is 1. The first-order chi connectivity index (χ1) is 13.2. The second-order valence-corrected chi connectivity index (χ2v) is 7.28. The number of benzene rings is 2. The first-order valence-electron chi connectivity index (χ1n) is 9.41. The van der Waals surface area contributed by atoms with Crippen molar-refractivity contribution in [2.45, 2.75) is 31.3 Å². The predicted octanol–water partition coefficient (Wildman–Crippen LogP) is 3.50. The molecular weight excluding hydrogens is 340 g/mol. The van der Waals surface area contributed by atoms with Crippen molar-refractivity contribution in [3.05, 3.63) is 71.3 Å². The molecule has 27 heavy (non-hydrogen) atoms. The van der Waals surface area contributed by atoms with Crippen molar-refractivity contribution in [3.8, 4) is 0 Å². The Hall–Kier alpha value is -2.66. The van der Waals surface area contributed by atoms with E-state index in [1.807, 2.05) is 36.4 Å². The van der Waals surface area contributed by atoms with Gasteiger partial charge in [-0.1, -0.05) is 54.6 Å². The number of piperidine rings is 1. The molecule has 4 rings (SSSR count). The summed E-state index contributed by atoms with van der Waals surface area (Å²) in [4.78, 5) is 18.5. The van der Waals surface area contributed by atoms with Crippen LogP contribution in [-0.2, 0) is 16.8 Å². The maximum absolute atomic E-state index is 12.4. The maximum Gasteiger partial charge on any atom is 0.410 e. The van der Waals surface area contributed by atoms with Crippen molar-refractivity contribution in [1.29, 1.82) is 0 Å². The third-order valence-electron chi connectivity index (χ3n) is 5.76. The lowest BCUT2D eigenvalue weighted by Crippen LogP contribution is -2.44. The van der Waals surface area contributed by atoms with Gasteiger partial charge in [0.1, 0.15) is 13.3 Å². The van der Waals surface area contributed by atoms with E-state index in [0.717, 1.165) is 36.1 Å². The van der Waals surface area contributed by atoms with Gasteiger partial charge in [0.2, 0.25) is 0 Å². The van der Waals surface area contributed by atoms with Crippen LogP contribution < -0.4 is 0 Å². The summed E-state index contributed by atoms with van der Waals surface area (Å²) in [6.07, 6.45) is 2.35. The number of fused-ring (bicyclic) bond motifs is 2. The van der Waals surface area contributed by atoms with Crippen molar-refractivity contribution < 1.29 is 14.6 Å². The van der Waals surface area contributed by atoms with Crippen LogP contribution in [0.2, 0.25) is 0 Å².